The lowest BCUT2D eigenvalue weighted by Gasteiger charge is -2.18. The van der Waals surface area contributed by atoms with Crippen LogP contribution in [0.25, 0.3) is 21.5 Å². The molecule has 0 heterocycles. The first-order valence-electron chi connectivity index (χ1n) is 9.55. The average molecular weight is 361 g/mol. The maximum Gasteiger partial charge on any atom is 0.340 e. The van der Waals surface area contributed by atoms with Crippen LogP contribution >= 0.6 is 0 Å². The zero-order chi connectivity index (χ0) is 18.8. The molecule has 3 aromatic rings. The van der Waals surface area contributed by atoms with E-state index in [1.54, 1.807) is 6.92 Å². The molecule has 0 aliphatic heterocycles. The van der Waals surface area contributed by atoms with E-state index < -0.39 is 12.1 Å². The highest BCUT2D eigenvalue weighted by molar-refractivity contribution is 6.16. The van der Waals surface area contributed by atoms with E-state index in [1.807, 2.05) is 48.5 Å². The number of hydrogen-bond donors (Lipinski definition) is 1. The highest BCUT2D eigenvalue weighted by atomic mass is 16.5. The summed E-state index contributed by atoms with van der Waals surface area (Å²) in [6, 6.07) is 17.8. The Bertz CT molecular complexity index is 951. The predicted molar refractivity (Wildman–Crippen MR) is 107 cm³/mol. The molecule has 4 nitrogen and oxygen atoms in total. The van der Waals surface area contributed by atoms with Crippen LogP contribution in [-0.4, -0.2) is 24.0 Å². The molecule has 0 spiro atoms. The molecule has 3 aromatic carbocycles. The van der Waals surface area contributed by atoms with Crippen molar-refractivity contribution in [1.82, 2.24) is 5.32 Å². The molecule has 4 heteroatoms. The summed E-state index contributed by atoms with van der Waals surface area (Å²) in [6.45, 7) is 1.63. The van der Waals surface area contributed by atoms with Crippen molar-refractivity contribution in [3.05, 3.63) is 60.2 Å². The van der Waals surface area contributed by atoms with Gasteiger partial charge in [-0.3, -0.25) is 4.79 Å². The predicted octanol–water partition coefficient (Wildman–Crippen LogP) is 4.60. The second kappa shape index (κ2) is 7.39. The zero-order valence-electron chi connectivity index (χ0n) is 15.4. The Labute approximate surface area is 158 Å². The largest absolute Gasteiger partial charge is 0.449 e. The molecule has 0 bridgehead atoms. The van der Waals surface area contributed by atoms with Gasteiger partial charge in [0.15, 0.2) is 6.10 Å². The first-order valence-corrected chi connectivity index (χ1v) is 9.55. The van der Waals surface area contributed by atoms with Gasteiger partial charge in [0.05, 0.1) is 5.56 Å². The SMILES string of the molecule is C[C@H](OC(=O)c1c2ccccc2cc2ccccc12)C(=O)NC1CCCC1. The van der Waals surface area contributed by atoms with Crippen molar-refractivity contribution in [1.29, 1.82) is 0 Å². The third-order valence-electron chi connectivity index (χ3n) is 5.33. The fraction of sp³-hybridized carbons (Fsp3) is 0.304. The molecule has 0 radical (unpaired) electrons. The summed E-state index contributed by atoms with van der Waals surface area (Å²) in [5.74, 6) is -0.683. The van der Waals surface area contributed by atoms with Gasteiger partial charge in [-0.05, 0) is 47.4 Å². The molecule has 4 rings (SSSR count). The lowest BCUT2D eigenvalue weighted by molar-refractivity contribution is -0.129. The quantitative estimate of drug-likeness (QED) is 0.546. The van der Waals surface area contributed by atoms with Gasteiger partial charge in [0, 0.05) is 6.04 Å². The van der Waals surface area contributed by atoms with Gasteiger partial charge in [0.25, 0.3) is 5.91 Å². The topological polar surface area (TPSA) is 55.4 Å². The van der Waals surface area contributed by atoms with E-state index in [0.29, 0.717) is 5.56 Å². The van der Waals surface area contributed by atoms with E-state index in [1.165, 1.54) is 0 Å². The summed E-state index contributed by atoms with van der Waals surface area (Å²) in [5.41, 5.74) is 0.518. The van der Waals surface area contributed by atoms with E-state index in [0.717, 1.165) is 47.2 Å². The van der Waals surface area contributed by atoms with Crippen molar-refractivity contribution in [2.75, 3.05) is 0 Å². The number of amides is 1. The van der Waals surface area contributed by atoms with Crippen LogP contribution in [0.15, 0.2) is 54.6 Å². The van der Waals surface area contributed by atoms with Crippen LogP contribution in [0.2, 0.25) is 0 Å². The van der Waals surface area contributed by atoms with E-state index in [9.17, 15) is 9.59 Å². The number of hydrogen-bond acceptors (Lipinski definition) is 3. The first kappa shape index (κ1) is 17.5. The van der Waals surface area contributed by atoms with Crippen LogP contribution in [0.3, 0.4) is 0 Å². The lowest BCUT2D eigenvalue weighted by atomic mass is 9.97. The summed E-state index contributed by atoms with van der Waals surface area (Å²) in [6.07, 6.45) is 3.46. The van der Waals surface area contributed by atoms with Crippen LogP contribution in [0.5, 0.6) is 0 Å². The minimum Gasteiger partial charge on any atom is -0.449 e. The van der Waals surface area contributed by atoms with Gasteiger partial charge >= 0.3 is 5.97 Å². The molecule has 1 saturated carbocycles. The van der Waals surface area contributed by atoms with Crippen LogP contribution in [0.1, 0.15) is 43.0 Å². The van der Waals surface area contributed by atoms with Gasteiger partial charge in [-0.2, -0.15) is 0 Å². The van der Waals surface area contributed by atoms with Crippen molar-refractivity contribution >= 4 is 33.4 Å². The Hall–Kier alpha value is -2.88. The molecular weight excluding hydrogens is 338 g/mol. The Morgan fingerprint density at radius 2 is 1.52 bits per heavy atom. The molecule has 1 N–H and O–H groups in total. The number of benzene rings is 3. The summed E-state index contributed by atoms with van der Waals surface area (Å²) in [4.78, 5) is 25.4. The fourth-order valence-corrected chi connectivity index (χ4v) is 3.90. The Kier molecular flexibility index (Phi) is 4.80. The summed E-state index contributed by atoms with van der Waals surface area (Å²) in [5, 5.41) is 6.62. The third-order valence-corrected chi connectivity index (χ3v) is 5.33. The molecule has 0 saturated heterocycles. The smallest absolute Gasteiger partial charge is 0.340 e. The van der Waals surface area contributed by atoms with Crippen LogP contribution < -0.4 is 5.32 Å². The minimum absolute atomic E-state index is 0.206. The van der Waals surface area contributed by atoms with E-state index in [2.05, 4.69) is 11.4 Å². The van der Waals surface area contributed by atoms with Gasteiger partial charge in [-0.15, -0.1) is 0 Å². The van der Waals surface area contributed by atoms with Gasteiger partial charge in [0.1, 0.15) is 0 Å². The normalized spacial score (nSPS) is 15.7. The number of fused-ring (bicyclic) bond motifs is 2. The maximum atomic E-state index is 13.0. The number of nitrogens with one attached hydrogen (secondary N) is 1. The van der Waals surface area contributed by atoms with Gasteiger partial charge in [0.2, 0.25) is 0 Å². The maximum absolute atomic E-state index is 13.0. The Balaban J connectivity index is 1.64. The molecule has 0 unspecified atom stereocenters. The molecule has 27 heavy (non-hydrogen) atoms. The standard InChI is InChI=1S/C23H23NO3/c1-15(22(25)24-18-10-4-5-11-18)27-23(26)21-19-12-6-2-8-16(19)14-17-9-3-7-13-20(17)21/h2-3,6-9,12-15,18H,4-5,10-11H2,1H3,(H,24,25)/t15-/m0/s1. The minimum atomic E-state index is -0.823. The van der Waals surface area contributed by atoms with Gasteiger partial charge in [-0.25, -0.2) is 4.79 Å². The van der Waals surface area contributed by atoms with Crippen LogP contribution in [0.4, 0.5) is 0 Å². The second-order valence-corrected chi connectivity index (χ2v) is 7.23. The number of ether oxygens (including phenoxy) is 1. The monoisotopic (exact) mass is 361 g/mol. The summed E-state index contributed by atoms with van der Waals surface area (Å²) < 4.78 is 5.57. The molecule has 1 fully saturated rings. The van der Waals surface area contributed by atoms with Crippen molar-refractivity contribution in [3.8, 4) is 0 Å². The van der Waals surface area contributed by atoms with Crippen LogP contribution in [0, 0.1) is 0 Å². The number of carbonyl (C=O) groups is 2. The molecule has 138 valence electrons. The van der Waals surface area contributed by atoms with Crippen LogP contribution in [-0.2, 0) is 9.53 Å². The van der Waals surface area contributed by atoms with Crippen molar-refractivity contribution in [3.63, 3.8) is 0 Å². The number of rotatable bonds is 4. The highest BCUT2D eigenvalue weighted by Crippen LogP contribution is 2.29. The third kappa shape index (κ3) is 3.52. The van der Waals surface area contributed by atoms with Crippen molar-refractivity contribution in [2.45, 2.75) is 44.8 Å². The highest BCUT2D eigenvalue weighted by Gasteiger charge is 2.25. The lowest BCUT2D eigenvalue weighted by Crippen LogP contribution is -2.40. The molecule has 1 amide bonds. The van der Waals surface area contributed by atoms with Gasteiger partial charge < -0.3 is 10.1 Å². The summed E-state index contributed by atoms with van der Waals surface area (Å²) >= 11 is 0. The Morgan fingerprint density at radius 1 is 0.963 bits per heavy atom. The molecule has 1 aliphatic rings. The fourth-order valence-electron chi connectivity index (χ4n) is 3.90. The van der Waals surface area contributed by atoms with E-state index >= 15 is 0 Å². The second-order valence-electron chi connectivity index (χ2n) is 7.23. The first-order chi connectivity index (χ1) is 13.1. The molecule has 0 aromatic heterocycles. The van der Waals surface area contributed by atoms with Crippen molar-refractivity contribution < 1.29 is 14.3 Å². The zero-order valence-corrected chi connectivity index (χ0v) is 15.4. The van der Waals surface area contributed by atoms with Crippen molar-refractivity contribution in [2.24, 2.45) is 0 Å². The molecule has 1 atom stereocenters. The number of carbonyl (C=O) groups excluding carboxylic acids is 2. The van der Waals surface area contributed by atoms with E-state index in [-0.39, 0.29) is 11.9 Å². The average Bonchev–Trinajstić information content (AvgIpc) is 3.18. The molecule has 1 aliphatic carbocycles. The molecular formula is C23H23NO3. The summed E-state index contributed by atoms with van der Waals surface area (Å²) in [7, 11) is 0. The number of esters is 1. The van der Waals surface area contributed by atoms with Gasteiger partial charge in [-0.1, -0.05) is 61.4 Å². The Morgan fingerprint density at radius 3 is 2.11 bits per heavy atom. The van der Waals surface area contributed by atoms with E-state index in [4.69, 9.17) is 4.74 Å².